The maximum atomic E-state index is 14.6. The molecule has 3 aromatic rings. The Bertz CT molecular complexity index is 1330. The van der Waals surface area contributed by atoms with Crippen molar-refractivity contribution < 1.29 is 23.1 Å². The van der Waals surface area contributed by atoms with E-state index in [1.807, 2.05) is 39.0 Å². The van der Waals surface area contributed by atoms with Gasteiger partial charge in [0.1, 0.15) is 23.1 Å². The highest BCUT2D eigenvalue weighted by molar-refractivity contribution is 6.46. The number of aryl methyl sites for hydroxylation is 3. The van der Waals surface area contributed by atoms with E-state index < -0.39 is 23.4 Å². The minimum atomic E-state index is -1.01. The molecule has 1 heterocycles. The fourth-order valence-corrected chi connectivity index (χ4v) is 3.93. The van der Waals surface area contributed by atoms with Gasteiger partial charge in [-0.2, -0.15) is 0 Å². The van der Waals surface area contributed by atoms with Gasteiger partial charge in [0.15, 0.2) is 0 Å². The van der Waals surface area contributed by atoms with Crippen molar-refractivity contribution in [1.29, 1.82) is 0 Å². The van der Waals surface area contributed by atoms with Crippen LogP contribution in [-0.4, -0.2) is 18.9 Å². The van der Waals surface area contributed by atoms with E-state index >= 15 is 0 Å². The summed E-state index contributed by atoms with van der Waals surface area (Å²) in [7, 11) is 1.50. The van der Waals surface area contributed by atoms with Crippen LogP contribution in [0.5, 0.6) is 5.75 Å². The predicted molar refractivity (Wildman–Crippen MR) is 123 cm³/mol. The third-order valence-corrected chi connectivity index (χ3v) is 5.50. The molecule has 0 unspecified atom stereocenters. The number of hydrogen-bond donors (Lipinski definition) is 1. The Hall–Kier alpha value is -4.00. The Morgan fingerprint density at radius 2 is 1.55 bits per heavy atom. The number of ether oxygens (including phenoxy) is 1. The van der Waals surface area contributed by atoms with Crippen molar-refractivity contribution in [2.24, 2.45) is 0 Å². The quantitative estimate of drug-likeness (QED) is 0.539. The number of carbonyl (C=O) groups excluding carboxylic acids is 2. The number of imide groups is 1. The van der Waals surface area contributed by atoms with Crippen LogP contribution in [0.2, 0.25) is 0 Å². The number of amides is 2. The highest BCUT2D eigenvalue weighted by Crippen LogP contribution is 2.37. The third-order valence-electron chi connectivity index (χ3n) is 5.50. The summed E-state index contributed by atoms with van der Waals surface area (Å²) in [5.74, 6) is -2.79. The van der Waals surface area contributed by atoms with E-state index in [0.29, 0.717) is 23.1 Å². The molecule has 0 aromatic heterocycles. The third kappa shape index (κ3) is 3.98. The topological polar surface area (TPSA) is 58.6 Å². The summed E-state index contributed by atoms with van der Waals surface area (Å²) in [5, 5.41) is 3.05. The summed E-state index contributed by atoms with van der Waals surface area (Å²) in [6.07, 6.45) is 0. The molecule has 3 aromatic carbocycles. The van der Waals surface area contributed by atoms with Crippen molar-refractivity contribution in [3.8, 4) is 5.75 Å². The second-order valence-electron chi connectivity index (χ2n) is 7.94. The van der Waals surface area contributed by atoms with Gasteiger partial charge in [0, 0.05) is 6.07 Å². The van der Waals surface area contributed by atoms with Crippen molar-refractivity contribution in [2.45, 2.75) is 20.8 Å². The summed E-state index contributed by atoms with van der Waals surface area (Å²) in [4.78, 5) is 27.7. The minimum Gasteiger partial charge on any atom is -0.495 e. The van der Waals surface area contributed by atoms with Crippen molar-refractivity contribution in [3.63, 3.8) is 0 Å². The number of anilines is 2. The van der Waals surface area contributed by atoms with E-state index in [4.69, 9.17) is 4.74 Å². The Balaban J connectivity index is 1.91. The zero-order chi connectivity index (χ0) is 23.9. The summed E-state index contributed by atoms with van der Waals surface area (Å²) in [6.45, 7) is 5.63. The average molecular weight is 448 g/mol. The molecule has 0 atom stereocenters. The first-order chi connectivity index (χ1) is 15.7. The van der Waals surface area contributed by atoms with Gasteiger partial charge in [0.25, 0.3) is 11.8 Å². The number of nitrogens with zero attached hydrogens (tertiary/aromatic N) is 1. The lowest BCUT2D eigenvalue weighted by Gasteiger charge is -2.17. The van der Waals surface area contributed by atoms with Gasteiger partial charge in [-0.05, 0) is 61.7 Å². The first-order valence-corrected chi connectivity index (χ1v) is 10.3. The van der Waals surface area contributed by atoms with Crippen LogP contribution in [0.1, 0.15) is 22.3 Å². The van der Waals surface area contributed by atoms with Crippen molar-refractivity contribution in [2.75, 3.05) is 17.3 Å². The SMILES string of the molecule is COc1ccc(C)cc1NC1=C(c2ccc(C)cc2C)C(=O)N(c2ccc(F)cc2F)C1=O. The molecule has 5 nitrogen and oxygen atoms in total. The Labute approximate surface area is 190 Å². The number of benzene rings is 3. The van der Waals surface area contributed by atoms with Gasteiger partial charge in [-0.3, -0.25) is 9.59 Å². The van der Waals surface area contributed by atoms with Gasteiger partial charge < -0.3 is 10.1 Å². The maximum absolute atomic E-state index is 14.6. The van der Waals surface area contributed by atoms with Crippen LogP contribution in [0.15, 0.2) is 60.3 Å². The maximum Gasteiger partial charge on any atom is 0.282 e. The molecule has 1 aliphatic heterocycles. The molecule has 0 aliphatic carbocycles. The second kappa shape index (κ2) is 8.50. The first-order valence-electron chi connectivity index (χ1n) is 10.3. The van der Waals surface area contributed by atoms with Crippen molar-refractivity contribution in [3.05, 3.63) is 94.2 Å². The minimum absolute atomic E-state index is 0.0143. The van der Waals surface area contributed by atoms with E-state index in [-0.39, 0.29) is 17.0 Å². The van der Waals surface area contributed by atoms with Gasteiger partial charge in [-0.25, -0.2) is 13.7 Å². The van der Waals surface area contributed by atoms with E-state index in [1.165, 1.54) is 7.11 Å². The summed E-state index contributed by atoms with van der Waals surface area (Å²) >= 11 is 0. The molecule has 0 bridgehead atoms. The van der Waals surface area contributed by atoms with E-state index in [2.05, 4.69) is 5.32 Å². The largest absolute Gasteiger partial charge is 0.495 e. The molecule has 2 amide bonds. The molecule has 1 aliphatic rings. The standard InChI is InChI=1S/C26H22F2N2O3/c1-14-5-8-18(16(3)11-14)23-24(29-20-12-15(2)6-10-22(20)33-4)26(32)30(25(23)31)21-9-7-17(27)13-19(21)28/h5-13,29H,1-4H3. The van der Waals surface area contributed by atoms with Crippen LogP contribution in [0.4, 0.5) is 20.2 Å². The van der Waals surface area contributed by atoms with Crippen LogP contribution in [-0.2, 0) is 9.59 Å². The Kier molecular flexibility index (Phi) is 5.72. The molecule has 1 N–H and O–H groups in total. The summed E-state index contributed by atoms with van der Waals surface area (Å²) in [5.41, 5.74) is 3.47. The van der Waals surface area contributed by atoms with E-state index in [9.17, 15) is 18.4 Å². The van der Waals surface area contributed by atoms with Gasteiger partial charge in [0.05, 0.1) is 24.1 Å². The molecule has 0 radical (unpaired) electrons. The molecule has 7 heteroatoms. The fraction of sp³-hybridized carbons (Fsp3) is 0.154. The van der Waals surface area contributed by atoms with Crippen molar-refractivity contribution >= 4 is 28.8 Å². The van der Waals surface area contributed by atoms with Crippen LogP contribution >= 0.6 is 0 Å². The normalized spacial score (nSPS) is 13.7. The molecule has 0 spiro atoms. The molecule has 0 saturated carbocycles. The molecule has 33 heavy (non-hydrogen) atoms. The van der Waals surface area contributed by atoms with Gasteiger partial charge in [0.2, 0.25) is 0 Å². The number of methoxy groups -OCH3 is 1. The Morgan fingerprint density at radius 3 is 2.21 bits per heavy atom. The molecule has 0 fully saturated rings. The zero-order valence-corrected chi connectivity index (χ0v) is 18.6. The monoisotopic (exact) mass is 448 g/mol. The van der Waals surface area contributed by atoms with Crippen LogP contribution < -0.4 is 15.0 Å². The van der Waals surface area contributed by atoms with E-state index in [0.717, 1.165) is 33.7 Å². The van der Waals surface area contributed by atoms with E-state index in [1.54, 1.807) is 18.2 Å². The zero-order valence-electron chi connectivity index (χ0n) is 18.6. The number of rotatable bonds is 5. The molecule has 168 valence electrons. The lowest BCUT2D eigenvalue weighted by Crippen LogP contribution is -2.33. The molecule has 0 saturated heterocycles. The van der Waals surface area contributed by atoms with Gasteiger partial charge >= 0.3 is 0 Å². The predicted octanol–water partition coefficient (Wildman–Crippen LogP) is 5.30. The average Bonchev–Trinajstić information content (AvgIpc) is 2.98. The number of carbonyl (C=O) groups is 2. The van der Waals surface area contributed by atoms with Gasteiger partial charge in [-0.15, -0.1) is 0 Å². The van der Waals surface area contributed by atoms with Crippen LogP contribution in [0.25, 0.3) is 5.57 Å². The number of halogens is 2. The van der Waals surface area contributed by atoms with Crippen LogP contribution in [0.3, 0.4) is 0 Å². The van der Waals surface area contributed by atoms with Gasteiger partial charge in [-0.1, -0.05) is 29.8 Å². The Morgan fingerprint density at radius 1 is 0.848 bits per heavy atom. The lowest BCUT2D eigenvalue weighted by atomic mass is 9.97. The van der Waals surface area contributed by atoms with Crippen LogP contribution in [0, 0.1) is 32.4 Å². The molecular weight excluding hydrogens is 426 g/mol. The fourth-order valence-electron chi connectivity index (χ4n) is 3.93. The summed E-state index contributed by atoms with van der Waals surface area (Å²) in [6, 6.07) is 13.6. The smallest absolute Gasteiger partial charge is 0.282 e. The highest BCUT2D eigenvalue weighted by Gasteiger charge is 2.42. The van der Waals surface area contributed by atoms with Crippen molar-refractivity contribution in [1.82, 2.24) is 0 Å². The molecular formula is C26H22F2N2O3. The second-order valence-corrected chi connectivity index (χ2v) is 7.94. The summed E-state index contributed by atoms with van der Waals surface area (Å²) < 4.78 is 33.5. The number of hydrogen-bond acceptors (Lipinski definition) is 4. The molecule has 4 rings (SSSR count). The highest BCUT2D eigenvalue weighted by atomic mass is 19.1. The lowest BCUT2D eigenvalue weighted by molar-refractivity contribution is -0.120. The first kappa shape index (κ1) is 22.2. The number of nitrogens with one attached hydrogen (secondary N) is 1.